The number of halogens is 2. The van der Waals surface area contributed by atoms with Gasteiger partial charge >= 0.3 is 0 Å². The number of aromatic nitrogens is 3. The van der Waals surface area contributed by atoms with E-state index >= 15 is 0 Å². The van der Waals surface area contributed by atoms with E-state index in [-0.39, 0.29) is 30.0 Å². The van der Waals surface area contributed by atoms with Gasteiger partial charge in [0.15, 0.2) is 23.9 Å². The van der Waals surface area contributed by atoms with Crippen molar-refractivity contribution < 1.29 is 22.7 Å². The van der Waals surface area contributed by atoms with Crippen molar-refractivity contribution >= 4 is 5.91 Å². The van der Waals surface area contributed by atoms with Crippen molar-refractivity contribution in [3.05, 3.63) is 65.6 Å². The number of hydrogen-bond acceptors (Lipinski definition) is 5. The topological polar surface area (TPSA) is 82.2 Å². The highest BCUT2D eigenvalue weighted by atomic mass is 19.2. The monoisotopic (exact) mass is 362 g/mol. The summed E-state index contributed by atoms with van der Waals surface area (Å²) in [6.07, 6.45) is 4.62. The molecule has 3 aromatic rings. The van der Waals surface area contributed by atoms with Gasteiger partial charge in [-0.1, -0.05) is 6.07 Å². The van der Waals surface area contributed by atoms with Gasteiger partial charge in [-0.2, -0.15) is 9.49 Å². The Bertz CT molecular complexity index is 922. The number of nitrogens with zero attached hydrogens (tertiary/aromatic N) is 3. The quantitative estimate of drug-likeness (QED) is 0.729. The maximum atomic E-state index is 13.5. The third kappa shape index (κ3) is 3.88. The molecule has 1 N–H and O–H groups in total. The molecular formula is C17H16F2N4O3. The van der Waals surface area contributed by atoms with Gasteiger partial charge in [-0.25, -0.2) is 9.37 Å². The zero-order valence-electron chi connectivity index (χ0n) is 14.1. The third-order valence-corrected chi connectivity index (χ3v) is 3.62. The standard InChI is InChI=1S/C17H16F2N4O3/c1-10(11-6-20-23(2)7-11)21-17(24)13-8-26-15(22-13)9-25-14-5-3-4-12(18)16(14)19/h3-8,10H,9H2,1-2H3,(H,21,24). The van der Waals surface area contributed by atoms with Crippen LogP contribution in [0, 0.1) is 11.6 Å². The largest absolute Gasteiger partial charge is 0.481 e. The normalized spacial score (nSPS) is 12.0. The van der Waals surface area contributed by atoms with E-state index in [4.69, 9.17) is 9.15 Å². The molecule has 7 nitrogen and oxygen atoms in total. The van der Waals surface area contributed by atoms with E-state index < -0.39 is 17.5 Å². The smallest absolute Gasteiger partial charge is 0.273 e. The summed E-state index contributed by atoms with van der Waals surface area (Å²) in [4.78, 5) is 16.2. The lowest BCUT2D eigenvalue weighted by Gasteiger charge is -2.10. The van der Waals surface area contributed by atoms with Crippen molar-refractivity contribution in [3.8, 4) is 5.75 Å². The first-order valence-corrected chi connectivity index (χ1v) is 7.74. The number of ether oxygens (including phenoxy) is 1. The lowest BCUT2D eigenvalue weighted by Crippen LogP contribution is -2.26. The summed E-state index contributed by atoms with van der Waals surface area (Å²) in [7, 11) is 1.78. The van der Waals surface area contributed by atoms with E-state index in [1.807, 2.05) is 6.92 Å². The van der Waals surface area contributed by atoms with Crippen LogP contribution in [0.5, 0.6) is 5.75 Å². The second-order valence-corrected chi connectivity index (χ2v) is 5.61. The van der Waals surface area contributed by atoms with Gasteiger partial charge in [0.1, 0.15) is 6.26 Å². The first-order valence-electron chi connectivity index (χ1n) is 7.74. The molecule has 0 aliphatic heterocycles. The molecule has 1 aromatic carbocycles. The Kier molecular flexibility index (Phi) is 4.97. The second-order valence-electron chi connectivity index (χ2n) is 5.61. The molecule has 3 rings (SSSR count). The Morgan fingerprint density at radius 3 is 2.96 bits per heavy atom. The number of amides is 1. The number of nitrogens with one attached hydrogen (secondary N) is 1. The molecular weight excluding hydrogens is 346 g/mol. The van der Waals surface area contributed by atoms with Crippen LogP contribution >= 0.6 is 0 Å². The van der Waals surface area contributed by atoms with Crippen LogP contribution in [0.4, 0.5) is 8.78 Å². The highest BCUT2D eigenvalue weighted by Crippen LogP contribution is 2.20. The minimum atomic E-state index is -1.10. The maximum Gasteiger partial charge on any atom is 0.273 e. The van der Waals surface area contributed by atoms with Crippen LogP contribution in [0.1, 0.15) is 34.9 Å². The first kappa shape index (κ1) is 17.6. The number of rotatable bonds is 6. The minimum Gasteiger partial charge on any atom is -0.481 e. The van der Waals surface area contributed by atoms with Gasteiger partial charge < -0.3 is 14.5 Å². The highest BCUT2D eigenvalue weighted by Gasteiger charge is 2.17. The van der Waals surface area contributed by atoms with Gasteiger partial charge in [0, 0.05) is 18.8 Å². The molecule has 9 heteroatoms. The van der Waals surface area contributed by atoms with E-state index in [2.05, 4.69) is 15.4 Å². The van der Waals surface area contributed by atoms with Crippen molar-refractivity contribution in [2.45, 2.75) is 19.6 Å². The Labute approximate surface area is 147 Å². The zero-order chi connectivity index (χ0) is 18.7. The van der Waals surface area contributed by atoms with Crippen LogP contribution in [0.2, 0.25) is 0 Å². The number of carbonyl (C=O) groups excluding carboxylic acids is 1. The van der Waals surface area contributed by atoms with Gasteiger partial charge in [-0.3, -0.25) is 9.48 Å². The summed E-state index contributed by atoms with van der Waals surface area (Å²) >= 11 is 0. The molecule has 0 spiro atoms. The van der Waals surface area contributed by atoms with Crippen LogP contribution in [0.15, 0.2) is 41.3 Å². The molecule has 1 atom stereocenters. The van der Waals surface area contributed by atoms with Crippen molar-refractivity contribution in [2.24, 2.45) is 7.05 Å². The molecule has 0 radical (unpaired) electrons. The highest BCUT2D eigenvalue weighted by molar-refractivity contribution is 5.92. The summed E-state index contributed by atoms with van der Waals surface area (Å²) in [6, 6.07) is 3.32. The predicted molar refractivity (Wildman–Crippen MR) is 86.3 cm³/mol. The second kappa shape index (κ2) is 7.34. The van der Waals surface area contributed by atoms with Crippen LogP contribution < -0.4 is 10.1 Å². The van der Waals surface area contributed by atoms with Gasteiger partial charge in [0.05, 0.1) is 12.2 Å². The fourth-order valence-corrected chi connectivity index (χ4v) is 2.23. The van der Waals surface area contributed by atoms with Gasteiger partial charge in [0.2, 0.25) is 11.7 Å². The molecule has 1 unspecified atom stereocenters. The number of aryl methyl sites for hydroxylation is 1. The summed E-state index contributed by atoms with van der Waals surface area (Å²) < 4.78 is 38.6. The molecule has 26 heavy (non-hydrogen) atoms. The van der Waals surface area contributed by atoms with E-state index in [9.17, 15) is 13.6 Å². The molecule has 1 amide bonds. The fourth-order valence-electron chi connectivity index (χ4n) is 2.23. The van der Waals surface area contributed by atoms with Crippen LogP contribution in [0.3, 0.4) is 0 Å². The van der Waals surface area contributed by atoms with Gasteiger partial charge in [-0.15, -0.1) is 0 Å². The lowest BCUT2D eigenvalue weighted by atomic mass is 10.2. The predicted octanol–water partition coefficient (Wildman–Crippen LogP) is 2.76. The number of oxazole rings is 1. The molecule has 136 valence electrons. The van der Waals surface area contributed by atoms with Crippen molar-refractivity contribution in [1.29, 1.82) is 0 Å². The molecule has 2 heterocycles. The van der Waals surface area contributed by atoms with E-state index in [1.165, 1.54) is 18.4 Å². The van der Waals surface area contributed by atoms with Crippen LogP contribution in [-0.2, 0) is 13.7 Å². The first-order chi connectivity index (χ1) is 12.4. The average Bonchev–Trinajstić information content (AvgIpc) is 3.25. The molecule has 0 fully saturated rings. The average molecular weight is 362 g/mol. The summed E-state index contributed by atoms with van der Waals surface area (Å²) in [5.74, 6) is -2.75. The molecule has 0 saturated carbocycles. The number of benzene rings is 1. The summed E-state index contributed by atoms with van der Waals surface area (Å²) in [5.41, 5.74) is 0.897. The summed E-state index contributed by atoms with van der Waals surface area (Å²) in [6.45, 7) is 1.57. The summed E-state index contributed by atoms with van der Waals surface area (Å²) in [5, 5.41) is 6.81. The molecule has 0 saturated heterocycles. The third-order valence-electron chi connectivity index (χ3n) is 3.62. The minimum absolute atomic E-state index is 0.0547. The van der Waals surface area contributed by atoms with Crippen molar-refractivity contribution in [1.82, 2.24) is 20.1 Å². The Balaban J connectivity index is 1.60. The van der Waals surface area contributed by atoms with Crippen LogP contribution in [0.25, 0.3) is 0 Å². The van der Waals surface area contributed by atoms with Gasteiger partial charge in [0.25, 0.3) is 5.91 Å². The Morgan fingerprint density at radius 1 is 1.42 bits per heavy atom. The SMILES string of the molecule is CC(NC(=O)c1coc(COc2cccc(F)c2F)n1)c1cnn(C)c1. The number of hydrogen-bond donors (Lipinski definition) is 1. The molecule has 2 aromatic heterocycles. The zero-order valence-corrected chi connectivity index (χ0v) is 14.1. The molecule has 0 aliphatic rings. The number of carbonyl (C=O) groups is 1. The Morgan fingerprint density at radius 2 is 2.23 bits per heavy atom. The van der Waals surface area contributed by atoms with Crippen molar-refractivity contribution in [2.75, 3.05) is 0 Å². The lowest BCUT2D eigenvalue weighted by molar-refractivity contribution is 0.0934. The van der Waals surface area contributed by atoms with Gasteiger partial charge in [-0.05, 0) is 19.1 Å². The molecule has 0 bridgehead atoms. The van der Waals surface area contributed by atoms with E-state index in [0.717, 1.165) is 11.6 Å². The van der Waals surface area contributed by atoms with E-state index in [1.54, 1.807) is 24.1 Å². The van der Waals surface area contributed by atoms with Crippen molar-refractivity contribution in [3.63, 3.8) is 0 Å². The fraction of sp³-hybridized carbons (Fsp3) is 0.235. The molecule has 0 aliphatic carbocycles. The van der Waals surface area contributed by atoms with Crippen LogP contribution in [-0.4, -0.2) is 20.7 Å². The Hall–Kier alpha value is -3.23. The van der Waals surface area contributed by atoms with E-state index in [0.29, 0.717) is 0 Å². The maximum absolute atomic E-state index is 13.5.